The summed E-state index contributed by atoms with van der Waals surface area (Å²) in [5.41, 5.74) is 19.5. The van der Waals surface area contributed by atoms with Gasteiger partial charge in [-0.1, -0.05) is 120 Å². The average Bonchev–Trinajstić information content (AvgIpc) is 3.89. The molecule has 4 aliphatic rings. The molecule has 0 fully saturated rings. The monoisotopic (exact) mass is 788 g/mol. The van der Waals surface area contributed by atoms with Crippen molar-refractivity contribution >= 4 is 65.4 Å². The van der Waals surface area contributed by atoms with Crippen molar-refractivity contribution in [3.05, 3.63) is 174 Å². The molecule has 7 aromatic carbocycles. The van der Waals surface area contributed by atoms with Crippen molar-refractivity contribution < 1.29 is 23.3 Å². The van der Waals surface area contributed by atoms with Crippen LogP contribution in [-0.2, 0) is 36.2 Å². The molecule has 0 heterocycles. The minimum atomic E-state index is 0. The number of hydrogen-bond donors (Lipinski definition) is 0. The third-order valence-corrected chi connectivity index (χ3v) is 9.76. The molecule has 0 atom stereocenters. The zero-order valence-corrected chi connectivity index (χ0v) is 33.9. The minimum absolute atomic E-state index is 0. The zero-order chi connectivity index (χ0) is 32.8. The fourth-order valence-electron chi connectivity index (χ4n) is 7.92. The number of rotatable bonds is 0. The Kier molecular flexibility index (Phi) is 12.3. The van der Waals surface area contributed by atoms with Crippen LogP contribution >= 0.6 is 24.8 Å². The largest absolute Gasteiger partial charge is 0.184 e. The second kappa shape index (κ2) is 16.3. The SMILES string of the molecule is CC1=Cc2[c-]cc3c(c2C1)-c1cccc2cccc-3c12.CC1=Cc2[c-]cc3c(c2C1)-c1cccc2cccc-3c12.Cl.Cl.[CH3-].[Si]=[Zr].[c-]1ccccc1. The van der Waals surface area contributed by atoms with Gasteiger partial charge in [-0.3, -0.25) is 0 Å². The van der Waals surface area contributed by atoms with Crippen molar-refractivity contribution in [3.8, 4) is 44.5 Å². The summed E-state index contributed by atoms with van der Waals surface area (Å²) in [6.07, 6.45) is 6.69. The third-order valence-electron chi connectivity index (χ3n) is 9.76. The van der Waals surface area contributed by atoms with Gasteiger partial charge in [0, 0.05) is 0 Å². The summed E-state index contributed by atoms with van der Waals surface area (Å²) in [4.78, 5) is 0. The Morgan fingerprint density at radius 3 is 1.25 bits per heavy atom. The van der Waals surface area contributed by atoms with Crippen LogP contribution in [0.15, 0.2) is 126 Å². The molecule has 0 saturated heterocycles. The van der Waals surface area contributed by atoms with Gasteiger partial charge >= 0.3 is 30.2 Å². The van der Waals surface area contributed by atoms with Crippen molar-refractivity contribution in [1.29, 1.82) is 0 Å². The molecule has 0 spiro atoms. The van der Waals surface area contributed by atoms with E-state index in [4.69, 9.17) is 0 Å². The fourth-order valence-corrected chi connectivity index (χ4v) is 7.92. The van der Waals surface area contributed by atoms with Gasteiger partial charge in [-0.15, -0.1) is 94.6 Å². The summed E-state index contributed by atoms with van der Waals surface area (Å²) in [6, 6.07) is 50.4. The van der Waals surface area contributed by atoms with Gasteiger partial charge in [0.25, 0.3) is 0 Å². The maximum absolute atomic E-state index is 3.48. The molecule has 250 valence electrons. The Morgan fingerprint density at radius 2 is 0.902 bits per heavy atom. The van der Waals surface area contributed by atoms with Crippen LogP contribution in [0.2, 0.25) is 0 Å². The normalized spacial score (nSPS) is 12.3. The van der Waals surface area contributed by atoms with Gasteiger partial charge in [0.15, 0.2) is 0 Å². The van der Waals surface area contributed by atoms with E-state index in [0.717, 1.165) is 12.8 Å². The maximum atomic E-state index is 3.48. The van der Waals surface area contributed by atoms with Crippen molar-refractivity contribution in [3.63, 3.8) is 0 Å². The summed E-state index contributed by atoms with van der Waals surface area (Å²) in [5, 5.41) is 5.51. The quantitative estimate of drug-likeness (QED) is 0.106. The predicted molar refractivity (Wildman–Crippen MR) is 221 cm³/mol. The molecule has 0 aromatic heterocycles. The molecule has 0 unspecified atom stereocenters. The number of allylic oxidation sites excluding steroid dienone is 2. The van der Waals surface area contributed by atoms with E-state index in [0.29, 0.717) is 0 Å². The molecule has 51 heavy (non-hydrogen) atoms. The smallest absolute Gasteiger partial charge is 0.171 e. The molecular weight excluding hydrogens is 755 g/mol. The topological polar surface area (TPSA) is 0 Å². The van der Waals surface area contributed by atoms with Crippen LogP contribution in [0.4, 0.5) is 0 Å². The van der Waals surface area contributed by atoms with Crippen LogP contribution in [0.25, 0.3) is 78.2 Å². The Morgan fingerprint density at radius 1 is 0.510 bits per heavy atom. The van der Waals surface area contributed by atoms with Crippen LogP contribution in [-0.4, -0.2) is 6.88 Å². The third kappa shape index (κ3) is 6.69. The van der Waals surface area contributed by atoms with Crippen molar-refractivity contribution in [1.82, 2.24) is 0 Å². The summed E-state index contributed by atoms with van der Waals surface area (Å²) in [6.45, 7) is 7.48. The van der Waals surface area contributed by atoms with E-state index in [1.165, 1.54) is 123 Å². The van der Waals surface area contributed by atoms with Crippen LogP contribution in [0.1, 0.15) is 36.1 Å². The summed E-state index contributed by atoms with van der Waals surface area (Å²) < 4.78 is 0. The molecule has 4 aliphatic carbocycles. The Balaban J connectivity index is 0.000000156. The summed E-state index contributed by atoms with van der Waals surface area (Å²) >= 11 is 1.36. The molecule has 0 bridgehead atoms. The Bertz CT molecular complexity index is 2270. The molecule has 0 aliphatic heterocycles. The molecule has 4 heteroatoms. The van der Waals surface area contributed by atoms with E-state index < -0.39 is 0 Å². The van der Waals surface area contributed by atoms with Crippen molar-refractivity contribution in [2.75, 3.05) is 0 Å². The number of fused-ring (bicyclic) bond motifs is 10. The first-order chi connectivity index (χ1) is 23.7. The van der Waals surface area contributed by atoms with Crippen LogP contribution in [0.3, 0.4) is 0 Å². The molecular formula is C47H36Cl2SiZr-4. The molecule has 0 N–H and O–H groups in total. The maximum Gasteiger partial charge on any atom is -0.171 e. The second-order valence-electron chi connectivity index (χ2n) is 12.8. The van der Waals surface area contributed by atoms with Gasteiger partial charge in [-0.05, 0) is 45.5 Å². The van der Waals surface area contributed by atoms with Gasteiger partial charge in [0.2, 0.25) is 0 Å². The van der Waals surface area contributed by atoms with E-state index in [-0.39, 0.29) is 32.2 Å². The molecule has 0 amide bonds. The minimum Gasteiger partial charge on any atom is -0.184 e. The van der Waals surface area contributed by atoms with Gasteiger partial charge in [0.05, 0.1) is 0 Å². The number of halogens is 2. The molecule has 7 aromatic rings. The second-order valence-corrected chi connectivity index (χ2v) is 12.8. The van der Waals surface area contributed by atoms with E-state index in [9.17, 15) is 0 Å². The van der Waals surface area contributed by atoms with Gasteiger partial charge in [-0.2, -0.15) is 36.4 Å². The van der Waals surface area contributed by atoms with Crippen LogP contribution in [0, 0.1) is 25.6 Å². The Hall–Kier alpha value is -3.78. The predicted octanol–water partition coefficient (Wildman–Crippen LogP) is 12.9. The van der Waals surface area contributed by atoms with E-state index in [2.05, 4.69) is 136 Å². The molecule has 0 saturated carbocycles. The summed E-state index contributed by atoms with van der Waals surface area (Å²) in [5.74, 6) is 0. The van der Waals surface area contributed by atoms with Gasteiger partial charge in [0.1, 0.15) is 0 Å². The van der Waals surface area contributed by atoms with Crippen molar-refractivity contribution in [2.24, 2.45) is 0 Å². The summed E-state index contributed by atoms with van der Waals surface area (Å²) in [7, 11) is 0. The van der Waals surface area contributed by atoms with Gasteiger partial charge < -0.3 is 7.43 Å². The Labute approximate surface area is 331 Å². The van der Waals surface area contributed by atoms with Crippen LogP contribution in [0.5, 0.6) is 0 Å². The first kappa shape index (κ1) is 38.5. The molecule has 2 radical (unpaired) electrons. The van der Waals surface area contributed by atoms with Crippen LogP contribution < -0.4 is 0 Å². The molecule has 0 nitrogen and oxygen atoms in total. The standard InChI is InChI=1S/2C20H13.C6H5.CH3.2ClH.Si.Zr/c2*1-12-10-14-8-9-16-15-6-2-4-13-5-3-7-17(19(13)15)20(16)18(14)11-12;1-2-4-6-5-3-1;;;;;/h2*2-7,9-10H,11H2,1H3;1-5H;1H3;2*1H;;/q4*-1;;;;. The number of benzene rings is 7. The van der Waals surface area contributed by atoms with E-state index >= 15 is 0 Å². The molecule has 11 rings (SSSR count). The van der Waals surface area contributed by atoms with E-state index in [1.807, 2.05) is 30.3 Å². The average molecular weight is 791 g/mol. The van der Waals surface area contributed by atoms with E-state index in [1.54, 1.807) is 0 Å². The first-order valence-corrected chi connectivity index (χ1v) is 20.5. The fraction of sp³-hybridized carbons (Fsp3) is 0.0851. The first-order valence-electron chi connectivity index (χ1n) is 16.4. The van der Waals surface area contributed by atoms with Gasteiger partial charge in [-0.25, -0.2) is 0 Å². The zero-order valence-electron chi connectivity index (χ0n) is 28.9. The number of hydrogen-bond acceptors (Lipinski definition) is 0. The van der Waals surface area contributed by atoms with Crippen molar-refractivity contribution in [2.45, 2.75) is 26.7 Å².